The van der Waals surface area contributed by atoms with Crippen LogP contribution in [0.5, 0.6) is 0 Å². The first kappa shape index (κ1) is 25.6. The zero-order valence-corrected chi connectivity index (χ0v) is 23.8. The lowest BCUT2D eigenvalue weighted by atomic mass is 9.85. The molecular formula is C35H37N3. The summed E-state index contributed by atoms with van der Waals surface area (Å²) in [5.74, 6) is 0. The van der Waals surface area contributed by atoms with E-state index in [2.05, 4.69) is 132 Å². The van der Waals surface area contributed by atoms with Gasteiger partial charge < -0.3 is 9.47 Å². The number of rotatable bonds is 3. The van der Waals surface area contributed by atoms with Crippen LogP contribution in [0.3, 0.4) is 0 Å². The van der Waals surface area contributed by atoms with E-state index >= 15 is 0 Å². The van der Waals surface area contributed by atoms with Crippen LogP contribution in [-0.4, -0.2) is 18.7 Å². The Labute approximate surface area is 226 Å². The molecule has 0 spiro atoms. The molecule has 0 amide bonds. The lowest BCUT2D eigenvalue weighted by Gasteiger charge is -2.24. The Kier molecular flexibility index (Phi) is 6.11. The van der Waals surface area contributed by atoms with Crippen molar-refractivity contribution >= 4 is 27.5 Å². The van der Waals surface area contributed by atoms with Crippen molar-refractivity contribution in [2.45, 2.75) is 52.4 Å². The van der Waals surface area contributed by atoms with Gasteiger partial charge in [0.1, 0.15) is 0 Å². The molecule has 0 N–H and O–H groups in total. The lowest BCUT2D eigenvalue weighted by Crippen LogP contribution is -2.14. The highest BCUT2D eigenvalue weighted by Gasteiger charge is 2.24. The molecule has 4 aromatic carbocycles. The molecule has 0 aliphatic carbocycles. The first-order valence-electron chi connectivity index (χ1n) is 13.3. The van der Waals surface area contributed by atoms with E-state index in [1.807, 2.05) is 18.2 Å². The van der Waals surface area contributed by atoms with Crippen LogP contribution in [0.1, 0.15) is 58.2 Å². The minimum atomic E-state index is 0.0443. The average Bonchev–Trinajstić information content (AvgIpc) is 3.20. The third-order valence-electron chi connectivity index (χ3n) is 7.51. The van der Waals surface area contributed by atoms with Crippen molar-refractivity contribution in [3.05, 3.63) is 95.6 Å². The Morgan fingerprint density at radius 3 is 1.66 bits per heavy atom. The number of hydrogen-bond acceptors (Lipinski definition) is 2. The van der Waals surface area contributed by atoms with Crippen LogP contribution in [0.2, 0.25) is 0 Å². The van der Waals surface area contributed by atoms with Crippen molar-refractivity contribution < 1.29 is 0 Å². The molecule has 0 aliphatic rings. The summed E-state index contributed by atoms with van der Waals surface area (Å²) in [6.45, 7) is 13.6. The Balaban J connectivity index is 1.99. The average molecular weight is 500 g/mol. The van der Waals surface area contributed by atoms with Crippen LogP contribution < -0.4 is 4.90 Å². The number of benzene rings is 4. The van der Waals surface area contributed by atoms with E-state index in [9.17, 15) is 5.26 Å². The molecule has 0 unspecified atom stereocenters. The summed E-state index contributed by atoms with van der Waals surface area (Å²) >= 11 is 0. The van der Waals surface area contributed by atoms with E-state index in [0.717, 1.165) is 22.5 Å². The quantitative estimate of drug-likeness (QED) is 0.248. The zero-order valence-electron chi connectivity index (χ0n) is 23.8. The summed E-state index contributed by atoms with van der Waals surface area (Å²) in [5, 5.41) is 12.4. The Morgan fingerprint density at radius 2 is 1.21 bits per heavy atom. The largest absolute Gasteiger partial charge is 0.376 e. The van der Waals surface area contributed by atoms with Crippen molar-refractivity contribution in [3.8, 4) is 22.9 Å². The van der Waals surface area contributed by atoms with E-state index < -0.39 is 0 Å². The number of anilines is 1. The lowest BCUT2D eigenvalue weighted by molar-refractivity contribution is 0.590. The van der Waals surface area contributed by atoms with Gasteiger partial charge >= 0.3 is 0 Å². The van der Waals surface area contributed by atoms with E-state index in [1.54, 1.807) is 0 Å². The fourth-order valence-corrected chi connectivity index (χ4v) is 5.29. The third-order valence-corrected chi connectivity index (χ3v) is 7.51. The fourth-order valence-electron chi connectivity index (χ4n) is 5.29. The maximum absolute atomic E-state index is 9.92. The first-order valence-corrected chi connectivity index (χ1v) is 13.3. The van der Waals surface area contributed by atoms with E-state index in [4.69, 9.17) is 0 Å². The molecule has 0 atom stereocenters. The number of nitriles is 1. The van der Waals surface area contributed by atoms with Gasteiger partial charge in [-0.25, -0.2) is 0 Å². The van der Waals surface area contributed by atoms with Crippen LogP contribution in [0.15, 0.2) is 78.9 Å². The normalized spacial score (nSPS) is 12.2. The van der Waals surface area contributed by atoms with Gasteiger partial charge in [-0.05, 0) is 63.9 Å². The summed E-state index contributed by atoms with van der Waals surface area (Å²) in [4.78, 5) is 2.12. The van der Waals surface area contributed by atoms with E-state index in [0.29, 0.717) is 5.56 Å². The molecule has 1 heterocycles. The highest BCUT2D eigenvalue weighted by molar-refractivity contribution is 6.11. The highest BCUT2D eigenvalue weighted by atomic mass is 15.1. The standard InChI is InChI=1S/C35H37N3/c1-34(2,3)25-14-16-30-28(20-25)29-21-26(35(4,5)6)15-17-31(29)38(30)33-27(24-12-10-9-11-13-24)18-23(22-36)19-32(33)37(7)8/h9-21H,1-8H3. The van der Waals surface area contributed by atoms with Crippen molar-refractivity contribution in [2.24, 2.45) is 0 Å². The second-order valence-electron chi connectivity index (χ2n) is 12.6. The van der Waals surface area contributed by atoms with Crippen LogP contribution in [0.25, 0.3) is 38.6 Å². The molecule has 192 valence electrons. The van der Waals surface area contributed by atoms with Gasteiger partial charge in [-0.1, -0.05) is 84.0 Å². The summed E-state index contributed by atoms with van der Waals surface area (Å²) in [7, 11) is 4.11. The molecule has 3 heteroatoms. The molecule has 0 saturated carbocycles. The molecule has 5 rings (SSSR count). The van der Waals surface area contributed by atoms with Crippen molar-refractivity contribution in [1.29, 1.82) is 5.26 Å². The summed E-state index contributed by atoms with van der Waals surface area (Å²) in [5.41, 5.74) is 9.97. The van der Waals surface area contributed by atoms with Crippen molar-refractivity contribution in [2.75, 3.05) is 19.0 Å². The Morgan fingerprint density at radius 1 is 0.684 bits per heavy atom. The van der Waals surface area contributed by atoms with Gasteiger partial charge in [0.05, 0.1) is 34.0 Å². The second-order valence-corrected chi connectivity index (χ2v) is 12.6. The van der Waals surface area contributed by atoms with Gasteiger partial charge in [0.15, 0.2) is 0 Å². The van der Waals surface area contributed by atoms with Crippen LogP contribution in [0, 0.1) is 11.3 Å². The van der Waals surface area contributed by atoms with Crippen LogP contribution >= 0.6 is 0 Å². The monoisotopic (exact) mass is 499 g/mol. The molecule has 0 aliphatic heterocycles. The predicted molar refractivity (Wildman–Crippen MR) is 163 cm³/mol. The molecule has 38 heavy (non-hydrogen) atoms. The molecule has 3 nitrogen and oxygen atoms in total. The summed E-state index contributed by atoms with van der Waals surface area (Å²) < 4.78 is 2.41. The predicted octanol–water partition coefficient (Wildman–Crippen LogP) is 8.98. The van der Waals surface area contributed by atoms with E-state index in [-0.39, 0.29) is 10.8 Å². The molecule has 0 fully saturated rings. The van der Waals surface area contributed by atoms with Gasteiger partial charge in [-0.3, -0.25) is 0 Å². The molecule has 0 radical (unpaired) electrons. The van der Waals surface area contributed by atoms with E-state index in [1.165, 1.54) is 32.9 Å². The van der Waals surface area contributed by atoms with Gasteiger partial charge in [-0.15, -0.1) is 0 Å². The van der Waals surface area contributed by atoms with Gasteiger partial charge in [-0.2, -0.15) is 5.26 Å². The Hall–Kier alpha value is -4.03. The maximum atomic E-state index is 9.92. The zero-order chi connectivity index (χ0) is 27.4. The Bertz CT molecular complexity index is 1630. The van der Waals surface area contributed by atoms with Crippen LogP contribution in [-0.2, 0) is 10.8 Å². The van der Waals surface area contributed by atoms with Crippen molar-refractivity contribution in [1.82, 2.24) is 4.57 Å². The smallest absolute Gasteiger partial charge is 0.0992 e. The molecule has 1 aromatic heterocycles. The van der Waals surface area contributed by atoms with Crippen molar-refractivity contribution in [3.63, 3.8) is 0 Å². The van der Waals surface area contributed by atoms with Gasteiger partial charge in [0, 0.05) is 30.4 Å². The molecule has 0 saturated heterocycles. The summed E-state index contributed by atoms with van der Waals surface area (Å²) in [6, 6.07) is 30.7. The number of aromatic nitrogens is 1. The minimum absolute atomic E-state index is 0.0443. The third kappa shape index (κ3) is 4.35. The van der Waals surface area contributed by atoms with Crippen LogP contribution in [0.4, 0.5) is 5.69 Å². The van der Waals surface area contributed by atoms with Gasteiger partial charge in [0.2, 0.25) is 0 Å². The number of hydrogen-bond donors (Lipinski definition) is 0. The molecular weight excluding hydrogens is 462 g/mol. The SMILES string of the molecule is CN(C)c1cc(C#N)cc(-c2ccccc2)c1-n1c2ccc(C(C)(C)C)cc2c2cc(C(C)(C)C)ccc21. The highest BCUT2D eigenvalue weighted by Crippen LogP contribution is 2.43. The molecule has 5 aromatic rings. The fraction of sp³-hybridized carbons (Fsp3) is 0.286. The number of nitrogens with zero attached hydrogens (tertiary/aromatic N) is 3. The topological polar surface area (TPSA) is 32.0 Å². The van der Waals surface area contributed by atoms with Gasteiger partial charge in [0.25, 0.3) is 0 Å². The first-order chi connectivity index (χ1) is 17.9. The minimum Gasteiger partial charge on any atom is -0.376 e. The molecule has 0 bridgehead atoms. The summed E-state index contributed by atoms with van der Waals surface area (Å²) in [6.07, 6.45) is 0. The second kappa shape index (κ2) is 9.07. The maximum Gasteiger partial charge on any atom is 0.0992 e. The number of fused-ring (bicyclic) bond motifs is 3.